The molecule has 0 bridgehead atoms. The first kappa shape index (κ1) is 12.0. The van der Waals surface area contributed by atoms with E-state index in [0.717, 1.165) is 5.57 Å². The molecule has 0 fully saturated rings. The van der Waals surface area contributed by atoms with Gasteiger partial charge in [-0.1, -0.05) is 19.9 Å². The summed E-state index contributed by atoms with van der Waals surface area (Å²) in [7, 11) is 0. The fourth-order valence-corrected chi connectivity index (χ4v) is 2.44. The van der Waals surface area contributed by atoms with Crippen molar-refractivity contribution in [1.29, 1.82) is 0 Å². The number of carbonyl (C=O) groups excluding carboxylic acids is 2. The van der Waals surface area contributed by atoms with Crippen molar-refractivity contribution in [3.8, 4) is 0 Å². The second-order valence-electron chi connectivity index (χ2n) is 5.00. The minimum atomic E-state index is -0.802. The van der Waals surface area contributed by atoms with E-state index < -0.39 is 17.5 Å². The molecule has 0 aliphatic heterocycles. The van der Waals surface area contributed by atoms with Gasteiger partial charge in [0, 0.05) is 17.4 Å². The predicted molar refractivity (Wildman–Crippen MR) is 61.2 cm³/mol. The maximum atomic E-state index is 11.8. The number of ether oxygens (including phenoxy) is 1. The van der Waals surface area contributed by atoms with E-state index >= 15 is 0 Å². The van der Waals surface area contributed by atoms with Gasteiger partial charge in [-0.25, -0.2) is 4.79 Å². The Bertz CT molecular complexity index is 454. The molecule has 17 heavy (non-hydrogen) atoms. The number of hydrogen-bond donors (Lipinski definition) is 1. The zero-order valence-corrected chi connectivity index (χ0v) is 10.2. The number of aliphatic hydroxyl groups is 1. The van der Waals surface area contributed by atoms with E-state index in [4.69, 9.17) is 4.74 Å². The average Bonchev–Trinajstić information content (AvgIpc) is 2.62. The minimum Gasteiger partial charge on any atom is -0.462 e. The topological polar surface area (TPSA) is 63.6 Å². The van der Waals surface area contributed by atoms with Crippen LogP contribution in [0.4, 0.5) is 0 Å². The van der Waals surface area contributed by atoms with Gasteiger partial charge in [-0.15, -0.1) is 0 Å². The first-order chi connectivity index (χ1) is 7.88. The molecule has 4 nitrogen and oxygen atoms in total. The highest BCUT2D eigenvalue weighted by molar-refractivity contribution is 6.22. The maximum absolute atomic E-state index is 11.8. The van der Waals surface area contributed by atoms with Gasteiger partial charge in [0.05, 0.1) is 12.7 Å². The molecule has 0 aromatic rings. The molecule has 0 aromatic carbocycles. The van der Waals surface area contributed by atoms with Crippen LogP contribution in [0.25, 0.3) is 0 Å². The average molecular weight is 236 g/mol. The van der Waals surface area contributed by atoms with E-state index in [9.17, 15) is 14.7 Å². The highest BCUT2D eigenvalue weighted by Crippen LogP contribution is 2.46. The Labute approximate surface area is 100.0 Å². The van der Waals surface area contributed by atoms with E-state index in [0.29, 0.717) is 5.57 Å². The Morgan fingerprint density at radius 3 is 2.82 bits per heavy atom. The third-order valence-corrected chi connectivity index (χ3v) is 3.25. The van der Waals surface area contributed by atoms with Crippen molar-refractivity contribution in [3.63, 3.8) is 0 Å². The Morgan fingerprint density at radius 2 is 2.24 bits per heavy atom. The van der Waals surface area contributed by atoms with Crippen LogP contribution in [0.5, 0.6) is 0 Å². The number of fused-ring (bicyclic) bond motifs is 1. The minimum absolute atomic E-state index is 0.0381. The number of rotatable bonds is 2. The van der Waals surface area contributed by atoms with Gasteiger partial charge in [-0.05, 0) is 12.5 Å². The van der Waals surface area contributed by atoms with E-state index in [1.807, 2.05) is 19.9 Å². The van der Waals surface area contributed by atoms with Crippen molar-refractivity contribution < 1.29 is 19.4 Å². The van der Waals surface area contributed by atoms with Crippen molar-refractivity contribution in [1.82, 2.24) is 0 Å². The normalized spacial score (nSPS) is 26.0. The van der Waals surface area contributed by atoms with E-state index in [1.54, 1.807) is 6.92 Å². The number of carbonyl (C=O) groups is 2. The van der Waals surface area contributed by atoms with Crippen LogP contribution in [0.2, 0.25) is 0 Å². The molecule has 2 rings (SSSR count). The van der Waals surface area contributed by atoms with Crippen LogP contribution >= 0.6 is 0 Å². The Hall–Kier alpha value is -1.42. The second-order valence-corrected chi connectivity index (χ2v) is 5.00. The molecule has 1 unspecified atom stereocenters. The molecule has 0 heterocycles. The number of ketones is 1. The van der Waals surface area contributed by atoms with Crippen molar-refractivity contribution in [2.45, 2.75) is 33.3 Å². The van der Waals surface area contributed by atoms with Gasteiger partial charge in [-0.3, -0.25) is 4.79 Å². The fraction of sp³-hybridized carbons (Fsp3) is 0.538. The lowest BCUT2D eigenvalue weighted by Gasteiger charge is -2.22. The van der Waals surface area contributed by atoms with Gasteiger partial charge in [0.1, 0.15) is 5.57 Å². The Balaban J connectivity index is 2.46. The standard InChI is InChI=1S/C13H16O4/c1-4-17-12(16)10-8(14)5-7-6-13(2,3)11(15)9(7)10/h6,11,15H,4-5H2,1-3H3. The van der Waals surface area contributed by atoms with Gasteiger partial charge in [-0.2, -0.15) is 0 Å². The van der Waals surface area contributed by atoms with Gasteiger partial charge in [0.2, 0.25) is 0 Å². The summed E-state index contributed by atoms with van der Waals surface area (Å²) in [5.74, 6) is -0.869. The smallest absolute Gasteiger partial charge is 0.342 e. The molecule has 4 heteroatoms. The number of esters is 1. The largest absolute Gasteiger partial charge is 0.462 e. The summed E-state index contributed by atoms with van der Waals surface area (Å²) >= 11 is 0. The summed E-state index contributed by atoms with van der Waals surface area (Å²) in [6, 6.07) is 0. The van der Waals surface area contributed by atoms with E-state index in [-0.39, 0.29) is 24.4 Å². The van der Waals surface area contributed by atoms with E-state index in [1.165, 1.54) is 0 Å². The summed E-state index contributed by atoms with van der Waals surface area (Å²) < 4.78 is 4.86. The second kappa shape index (κ2) is 3.81. The first-order valence-corrected chi connectivity index (χ1v) is 5.73. The Kier molecular flexibility index (Phi) is 2.70. The maximum Gasteiger partial charge on any atom is 0.342 e. The van der Waals surface area contributed by atoms with E-state index in [2.05, 4.69) is 0 Å². The van der Waals surface area contributed by atoms with Crippen molar-refractivity contribution >= 4 is 11.8 Å². The molecule has 0 saturated carbocycles. The highest BCUT2D eigenvalue weighted by atomic mass is 16.5. The molecular formula is C13H16O4. The highest BCUT2D eigenvalue weighted by Gasteiger charge is 2.46. The van der Waals surface area contributed by atoms with Crippen molar-refractivity contribution in [2.24, 2.45) is 5.41 Å². The van der Waals surface area contributed by atoms with Crippen LogP contribution in [-0.2, 0) is 14.3 Å². The number of Topliss-reactive ketones (excluding diaryl/α,β-unsaturated/α-hetero) is 1. The summed E-state index contributed by atoms with van der Waals surface area (Å²) in [6.07, 6.45) is 1.27. The molecule has 0 spiro atoms. The molecular weight excluding hydrogens is 220 g/mol. The molecule has 0 amide bonds. The fourth-order valence-electron chi connectivity index (χ4n) is 2.44. The van der Waals surface area contributed by atoms with Gasteiger partial charge in [0.25, 0.3) is 0 Å². The Morgan fingerprint density at radius 1 is 1.59 bits per heavy atom. The van der Waals surface area contributed by atoms with Crippen LogP contribution in [0.3, 0.4) is 0 Å². The van der Waals surface area contributed by atoms with Crippen LogP contribution in [-0.4, -0.2) is 29.6 Å². The van der Waals surface area contributed by atoms with Crippen LogP contribution in [0.15, 0.2) is 22.8 Å². The van der Waals surface area contributed by atoms with Crippen molar-refractivity contribution in [3.05, 3.63) is 22.8 Å². The zero-order chi connectivity index (χ0) is 12.8. The third kappa shape index (κ3) is 1.72. The van der Waals surface area contributed by atoms with Crippen LogP contribution in [0, 0.1) is 5.41 Å². The molecule has 0 radical (unpaired) electrons. The summed E-state index contributed by atoms with van der Waals surface area (Å²) in [5, 5.41) is 10.2. The molecule has 1 N–H and O–H groups in total. The monoisotopic (exact) mass is 236 g/mol. The SMILES string of the molecule is CCOC(=O)C1=C2C(=CC(C)(C)C2O)CC1=O. The lowest BCUT2D eigenvalue weighted by Crippen LogP contribution is -2.26. The summed E-state index contributed by atoms with van der Waals surface area (Å²) in [6.45, 7) is 5.67. The third-order valence-electron chi connectivity index (χ3n) is 3.25. The van der Waals surface area contributed by atoms with Gasteiger partial charge in [0.15, 0.2) is 5.78 Å². The molecule has 1 atom stereocenters. The molecule has 2 aliphatic rings. The summed E-state index contributed by atoms with van der Waals surface area (Å²) in [4.78, 5) is 23.5. The van der Waals surface area contributed by atoms with Gasteiger partial charge < -0.3 is 9.84 Å². The number of aliphatic hydroxyl groups excluding tert-OH is 1. The molecule has 0 saturated heterocycles. The first-order valence-electron chi connectivity index (χ1n) is 5.73. The molecule has 2 aliphatic carbocycles. The predicted octanol–water partition coefficient (Wildman–Crippen LogP) is 1.15. The van der Waals surface area contributed by atoms with Gasteiger partial charge >= 0.3 is 5.97 Å². The van der Waals surface area contributed by atoms with Crippen molar-refractivity contribution in [2.75, 3.05) is 6.61 Å². The van der Waals surface area contributed by atoms with Crippen LogP contribution < -0.4 is 0 Å². The summed E-state index contributed by atoms with van der Waals surface area (Å²) in [5.41, 5.74) is 0.855. The molecule has 92 valence electrons. The zero-order valence-electron chi connectivity index (χ0n) is 10.2. The molecule has 0 aromatic heterocycles. The number of hydrogen-bond acceptors (Lipinski definition) is 4. The van der Waals surface area contributed by atoms with Crippen LogP contribution in [0.1, 0.15) is 27.2 Å². The lowest BCUT2D eigenvalue weighted by atomic mass is 9.87. The quantitative estimate of drug-likeness (QED) is 0.577. The lowest BCUT2D eigenvalue weighted by molar-refractivity contribution is -0.139.